The molecule has 0 fully saturated rings. The summed E-state index contributed by atoms with van der Waals surface area (Å²) in [5.74, 6) is 0.157. The molecule has 1 aromatic carbocycles. The Bertz CT molecular complexity index is 349. The first-order valence-corrected chi connectivity index (χ1v) is 4.90. The van der Waals surface area contributed by atoms with Crippen molar-refractivity contribution in [2.75, 3.05) is 11.9 Å². The van der Waals surface area contributed by atoms with Crippen LogP contribution >= 0.6 is 0 Å². The Morgan fingerprint density at radius 1 is 1.43 bits per heavy atom. The number of carbonyl (C=O) groups excluding carboxylic acids is 1. The Balaban J connectivity index is 2.22. The van der Waals surface area contributed by atoms with Gasteiger partial charge in [-0.25, -0.2) is 0 Å². The fourth-order valence-corrected chi connectivity index (χ4v) is 1.85. The van der Waals surface area contributed by atoms with Crippen molar-refractivity contribution in [3.8, 4) is 0 Å². The summed E-state index contributed by atoms with van der Waals surface area (Å²) in [4.78, 5) is 11.6. The van der Waals surface area contributed by atoms with Gasteiger partial charge in [0, 0.05) is 11.6 Å². The van der Waals surface area contributed by atoms with Crippen LogP contribution in [0.2, 0.25) is 0 Å². The van der Waals surface area contributed by atoms with E-state index >= 15 is 0 Å². The van der Waals surface area contributed by atoms with Gasteiger partial charge in [-0.2, -0.15) is 0 Å². The summed E-state index contributed by atoms with van der Waals surface area (Å²) in [6.45, 7) is 0.570. The molecule has 1 amide bonds. The number of fused-ring (bicyclic) bond motifs is 1. The number of rotatable bonds is 2. The fraction of sp³-hybridized carbons (Fsp3) is 0.364. The van der Waals surface area contributed by atoms with Gasteiger partial charge in [0.15, 0.2) is 0 Å². The lowest BCUT2D eigenvalue weighted by Crippen LogP contribution is -2.31. The Morgan fingerprint density at radius 3 is 3.00 bits per heavy atom. The first kappa shape index (κ1) is 9.21. The second-order valence-corrected chi connectivity index (χ2v) is 3.62. The molecule has 1 aliphatic heterocycles. The highest BCUT2D eigenvalue weighted by Gasteiger charge is 2.24. The maximum atomic E-state index is 11.6. The van der Waals surface area contributed by atoms with Gasteiger partial charge in [0.1, 0.15) is 0 Å². The van der Waals surface area contributed by atoms with E-state index in [-0.39, 0.29) is 11.8 Å². The molecule has 0 saturated heterocycles. The van der Waals surface area contributed by atoms with E-state index < -0.39 is 0 Å². The Morgan fingerprint density at radius 2 is 2.21 bits per heavy atom. The zero-order valence-electron chi connectivity index (χ0n) is 7.99. The molecule has 2 rings (SSSR count). The molecule has 0 saturated carbocycles. The van der Waals surface area contributed by atoms with E-state index in [9.17, 15) is 4.79 Å². The molecule has 0 spiro atoms. The van der Waals surface area contributed by atoms with E-state index in [1.54, 1.807) is 0 Å². The number of amides is 1. The first-order valence-electron chi connectivity index (χ1n) is 4.90. The van der Waals surface area contributed by atoms with Crippen LogP contribution in [-0.4, -0.2) is 12.5 Å². The maximum absolute atomic E-state index is 11.6. The molecule has 0 unspecified atom stereocenters. The van der Waals surface area contributed by atoms with Gasteiger partial charge in [0.25, 0.3) is 0 Å². The summed E-state index contributed by atoms with van der Waals surface area (Å²) < 4.78 is 0. The zero-order valence-corrected chi connectivity index (χ0v) is 7.99. The van der Waals surface area contributed by atoms with Crippen LogP contribution in [0.5, 0.6) is 0 Å². The summed E-state index contributed by atoms with van der Waals surface area (Å²) in [5, 5.41) is 2.90. The molecular formula is C11H14N2O. The average Bonchev–Trinajstić information content (AvgIpc) is 2.19. The topological polar surface area (TPSA) is 55.1 Å². The van der Waals surface area contributed by atoms with Crippen LogP contribution in [0.25, 0.3) is 0 Å². The molecule has 3 N–H and O–H groups in total. The highest BCUT2D eigenvalue weighted by atomic mass is 16.1. The highest BCUT2D eigenvalue weighted by molar-refractivity contribution is 5.95. The maximum Gasteiger partial charge on any atom is 0.227 e. The molecule has 1 heterocycles. The summed E-state index contributed by atoms with van der Waals surface area (Å²) >= 11 is 0. The molecule has 1 atom stereocenters. The lowest BCUT2D eigenvalue weighted by molar-refractivity contribution is -0.120. The molecule has 14 heavy (non-hydrogen) atoms. The van der Waals surface area contributed by atoms with Crippen LogP contribution in [0.3, 0.4) is 0 Å². The minimum absolute atomic E-state index is 0.0508. The minimum Gasteiger partial charge on any atom is -0.330 e. The first-order chi connectivity index (χ1) is 6.81. The third-order valence-electron chi connectivity index (χ3n) is 2.63. The van der Waals surface area contributed by atoms with Crippen molar-refractivity contribution >= 4 is 11.6 Å². The van der Waals surface area contributed by atoms with E-state index in [0.29, 0.717) is 6.54 Å². The molecule has 3 nitrogen and oxygen atoms in total. The van der Waals surface area contributed by atoms with Crippen LogP contribution < -0.4 is 11.1 Å². The van der Waals surface area contributed by atoms with Gasteiger partial charge in [0.2, 0.25) is 5.91 Å². The van der Waals surface area contributed by atoms with Gasteiger partial charge < -0.3 is 11.1 Å². The van der Waals surface area contributed by atoms with Gasteiger partial charge in [-0.05, 0) is 31.0 Å². The van der Waals surface area contributed by atoms with Gasteiger partial charge in [-0.15, -0.1) is 0 Å². The summed E-state index contributed by atoms with van der Waals surface area (Å²) in [6.07, 6.45) is 1.58. The number of benzene rings is 1. The van der Waals surface area contributed by atoms with Crippen LogP contribution in [0.4, 0.5) is 5.69 Å². The number of hydrogen-bond acceptors (Lipinski definition) is 2. The van der Waals surface area contributed by atoms with Crippen molar-refractivity contribution in [2.24, 2.45) is 11.7 Å². The second kappa shape index (κ2) is 3.80. The number of anilines is 1. The van der Waals surface area contributed by atoms with Crippen molar-refractivity contribution in [2.45, 2.75) is 12.8 Å². The van der Waals surface area contributed by atoms with Crippen LogP contribution in [-0.2, 0) is 11.2 Å². The molecule has 1 aliphatic rings. The summed E-state index contributed by atoms with van der Waals surface area (Å²) in [6, 6.07) is 7.92. The van der Waals surface area contributed by atoms with E-state index in [1.165, 1.54) is 5.56 Å². The van der Waals surface area contributed by atoms with E-state index in [1.807, 2.05) is 18.2 Å². The van der Waals surface area contributed by atoms with Crippen LogP contribution in [0, 0.1) is 5.92 Å². The Hall–Kier alpha value is -1.35. The molecule has 1 aromatic rings. The largest absolute Gasteiger partial charge is 0.330 e. The number of hydrogen-bond donors (Lipinski definition) is 2. The minimum atomic E-state index is 0.0508. The van der Waals surface area contributed by atoms with Crippen molar-refractivity contribution in [3.05, 3.63) is 29.8 Å². The average molecular weight is 190 g/mol. The van der Waals surface area contributed by atoms with Crippen LogP contribution in [0.15, 0.2) is 24.3 Å². The fourth-order valence-electron chi connectivity index (χ4n) is 1.85. The van der Waals surface area contributed by atoms with Crippen LogP contribution in [0.1, 0.15) is 12.0 Å². The van der Waals surface area contributed by atoms with Crippen molar-refractivity contribution in [3.63, 3.8) is 0 Å². The van der Waals surface area contributed by atoms with Gasteiger partial charge >= 0.3 is 0 Å². The lowest BCUT2D eigenvalue weighted by Gasteiger charge is -2.23. The van der Waals surface area contributed by atoms with Crippen molar-refractivity contribution < 1.29 is 4.79 Å². The monoisotopic (exact) mass is 190 g/mol. The van der Waals surface area contributed by atoms with Gasteiger partial charge in [-0.1, -0.05) is 18.2 Å². The highest BCUT2D eigenvalue weighted by Crippen LogP contribution is 2.26. The summed E-state index contributed by atoms with van der Waals surface area (Å²) in [5.41, 5.74) is 7.62. The molecule has 0 aliphatic carbocycles. The number of carbonyl (C=O) groups is 1. The molecule has 3 heteroatoms. The normalized spacial score (nSPS) is 20.1. The predicted octanol–water partition coefficient (Wildman–Crippen LogP) is 1.15. The number of para-hydroxylation sites is 1. The smallest absolute Gasteiger partial charge is 0.227 e. The Kier molecular flexibility index (Phi) is 2.50. The SMILES string of the molecule is NCC[C@H]1Cc2ccccc2NC1=O. The molecule has 0 aromatic heterocycles. The predicted molar refractivity (Wildman–Crippen MR) is 55.9 cm³/mol. The zero-order chi connectivity index (χ0) is 9.97. The third kappa shape index (κ3) is 1.63. The standard InChI is InChI=1S/C11H14N2O/c12-6-5-9-7-8-3-1-2-4-10(8)13-11(9)14/h1-4,9H,5-7,12H2,(H,13,14)/t9-/m0/s1. The molecular weight excluding hydrogens is 176 g/mol. The third-order valence-corrected chi connectivity index (χ3v) is 2.63. The number of nitrogens with two attached hydrogens (primary N) is 1. The molecule has 74 valence electrons. The van der Waals surface area contributed by atoms with Gasteiger partial charge in [0.05, 0.1) is 0 Å². The van der Waals surface area contributed by atoms with Crippen molar-refractivity contribution in [1.29, 1.82) is 0 Å². The Labute approximate surface area is 83.3 Å². The number of nitrogens with one attached hydrogen (secondary N) is 1. The lowest BCUT2D eigenvalue weighted by atomic mass is 9.91. The summed E-state index contributed by atoms with van der Waals surface area (Å²) in [7, 11) is 0. The molecule has 0 bridgehead atoms. The quantitative estimate of drug-likeness (QED) is 0.735. The van der Waals surface area contributed by atoms with E-state index in [2.05, 4.69) is 11.4 Å². The van der Waals surface area contributed by atoms with Crippen molar-refractivity contribution in [1.82, 2.24) is 0 Å². The molecule has 0 radical (unpaired) electrons. The van der Waals surface area contributed by atoms with E-state index in [4.69, 9.17) is 5.73 Å². The second-order valence-electron chi connectivity index (χ2n) is 3.62. The van der Waals surface area contributed by atoms with Gasteiger partial charge in [-0.3, -0.25) is 4.79 Å². The van der Waals surface area contributed by atoms with E-state index in [0.717, 1.165) is 18.5 Å².